The summed E-state index contributed by atoms with van der Waals surface area (Å²) in [5.74, 6) is 0.426. The van der Waals surface area contributed by atoms with E-state index < -0.39 is 11.0 Å². The lowest BCUT2D eigenvalue weighted by Crippen LogP contribution is -2.39. The van der Waals surface area contributed by atoms with Crippen molar-refractivity contribution in [2.75, 3.05) is 11.4 Å². The van der Waals surface area contributed by atoms with Gasteiger partial charge in [-0.3, -0.25) is 14.9 Å². The number of benzene rings is 2. The van der Waals surface area contributed by atoms with Gasteiger partial charge in [-0.2, -0.15) is 0 Å². The maximum absolute atomic E-state index is 12.8. The van der Waals surface area contributed by atoms with Gasteiger partial charge in [-0.1, -0.05) is 11.6 Å². The minimum atomic E-state index is -0.680. The van der Waals surface area contributed by atoms with Gasteiger partial charge >= 0.3 is 0 Å². The van der Waals surface area contributed by atoms with Crippen molar-refractivity contribution in [1.29, 1.82) is 0 Å². The molecule has 1 aliphatic heterocycles. The van der Waals surface area contributed by atoms with Gasteiger partial charge in [0.15, 0.2) is 6.10 Å². The van der Waals surface area contributed by atoms with E-state index in [1.165, 1.54) is 12.1 Å². The van der Waals surface area contributed by atoms with Crippen molar-refractivity contribution in [1.82, 2.24) is 0 Å². The number of nitro groups is 1. The van der Waals surface area contributed by atoms with Crippen molar-refractivity contribution in [2.24, 2.45) is 0 Å². The fourth-order valence-corrected chi connectivity index (χ4v) is 3.16. The van der Waals surface area contributed by atoms with Gasteiger partial charge in [0, 0.05) is 29.4 Å². The smallest absolute Gasteiger partial charge is 0.269 e. The number of rotatable bonds is 4. The summed E-state index contributed by atoms with van der Waals surface area (Å²) in [6, 6.07) is 9.79. The van der Waals surface area contributed by atoms with Crippen molar-refractivity contribution in [3.8, 4) is 5.75 Å². The van der Waals surface area contributed by atoms with Crippen molar-refractivity contribution in [3.05, 3.63) is 62.7 Å². The lowest BCUT2D eigenvalue weighted by Gasteiger charge is -2.23. The second-order valence-electron chi connectivity index (χ2n) is 5.98. The van der Waals surface area contributed by atoms with Gasteiger partial charge in [0.05, 0.1) is 4.92 Å². The van der Waals surface area contributed by atoms with Crippen LogP contribution in [-0.4, -0.2) is 23.5 Å². The highest BCUT2D eigenvalue weighted by Crippen LogP contribution is 2.32. The molecular weight excluding hydrogens is 344 g/mol. The molecule has 1 unspecified atom stereocenters. The third-order valence-electron chi connectivity index (χ3n) is 4.22. The quantitative estimate of drug-likeness (QED) is 0.612. The highest BCUT2D eigenvalue weighted by atomic mass is 35.5. The number of amides is 1. The zero-order valence-electron chi connectivity index (χ0n) is 13.9. The molecule has 130 valence electrons. The van der Waals surface area contributed by atoms with Crippen molar-refractivity contribution in [3.63, 3.8) is 0 Å². The van der Waals surface area contributed by atoms with E-state index in [1.54, 1.807) is 36.1 Å². The van der Waals surface area contributed by atoms with Crippen LogP contribution in [0.3, 0.4) is 0 Å². The number of carbonyl (C=O) groups is 1. The van der Waals surface area contributed by atoms with E-state index in [0.717, 1.165) is 11.1 Å². The Morgan fingerprint density at radius 3 is 2.76 bits per heavy atom. The number of non-ortho nitro benzene ring substituents is 1. The van der Waals surface area contributed by atoms with Crippen LogP contribution in [0.2, 0.25) is 5.02 Å². The highest BCUT2D eigenvalue weighted by molar-refractivity contribution is 6.30. The highest BCUT2D eigenvalue weighted by Gasteiger charge is 2.30. The largest absolute Gasteiger partial charge is 0.481 e. The summed E-state index contributed by atoms with van der Waals surface area (Å²) in [5, 5.41) is 11.5. The third-order valence-corrected chi connectivity index (χ3v) is 4.46. The van der Waals surface area contributed by atoms with E-state index in [4.69, 9.17) is 16.3 Å². The first-order chi connectivity index (χ1) is 11.9. The predicted octanol–water partition coefficient (Wildman–Crippen LogP) is 3.91. The molecule has 1 atom stereocenters. The van der Waals surface area contributed by atoms with E-state index >= 15 is 0 Å². The molecule has 0 spiro atoms. The molecule has 0 aliphatic carbocycles. The fraction of sp³-hybridized carbons (Fsp3) is 0.278. The Morgan fingerprint density at radius 1 is 1.32 bits per heavy atom. The number of nitrogens with zero attached hydrogens (tertiary/aromatic N) is 2. The normalized spacial score (nSPS) is 14.1. The zero-order valence-corrected chi connectivity index (χ0v) is 14.6. The van der Waals surface area contributed by atoms with Crippen molar-refractivity contribution < 1.29 is 14.5 Å². The number of ether oxygens (including phenoxy) is 1. The summed E-state index contributed by atoms with van der Waals surface area (Å²) in [5.41, 5.74) is 2.40. The van der Waals surface area contributed by atoms with E-state index in [2.05, 4.69) is 0 Å². The number of halogens is 1. The van der Waals surface area contributed by atoms with Crippen LogP contribution in [0.15, 0.2) is 36.4 Å². The molecule has 2 aromatic rings. The van der Waals surface area contributed by atoms with Crippen LogP contribution < -0.4 is 9.64 Å². The number of anilines is 1. The molecule has 25 heavy (non-hydrogen) atoms. The van der Waals surface area contributed by atoms with Gasteiger partial charge in [0.25, 0.3) is 11.6 Å². The van der Waals surface area contributed by atoms with E-state index in [0.29, 0.717) is 29.4 Å². The van der Waals surface area contributed by atoms with Gasteiger partial charge in [-0.25, -0.2) is 0 Å². The molecule has 3 rings (SSSR count). The molecule has 1 heterocycles. The zero-order chi connectivity index (χ0) is 18.1. The van der Waals surface area contributed by atoms with Gasteiger partial charge in [-0.15, -0.1) is 0 Å². The van der Waals surface area contributed by atoms with E-state index in [9.17, 15) is 14.9 Å². The molecule has 0 radical (unpaired) electrons. The minimum Gasteiger partial charge on any atom is -0.481 e. The molecule has 0 saturated heterocycles. The van der Waals surface area contributed by atoms with Gasteiger partial charge in [-0.05, 0) is 55.7 Å². The molecule has 2 aromatic carbocycles. The molecule has 7 heteroatoms. The molecule has 0 saturated carbocycles. The molecule has 6 nitrogen and oxygen atoms in total. The first-order valence-corrected chi connectivity index (χ1v) is 8.26. The van der Waals surface area contributed by atoms with Crippen molar-refractivity contribution >= 4 is 28.9 Å². The topological polar surface area (TPSA) is 72.7 Å². The molecule has 0 N–H and O–H groups in total. The van der Waals surface area contributed by atoms with Gasteiger partial charge < -0.3 is 9.64 Å². The number of hydrogen-bond donors (Lipinski definition) is 0. The minimum absolute atomic E-state index is 0.0362. The summed E-state index contributed by atoms with van der Waals surface area (Å²) >= 11 is 5.93. The van der Waals surface area contributed by atoms with Crippen molar-refractivity contribution in [2.45, 2.75) is 26.4 Å². The van der Waals surface area contributed by atoms with Crippen LogP contribution in [0.5, 0.6) is 5.75 Å². The summed E-state index contributed by atoms with van der Waals surface area (Å²) < 4.78 is 5.79. The van der Waals surface area contributed by atoms with Crippen LogP contribution in [0.1, 0.15) is 18.1 Å². The summed E-state index contributed by atoms with van der Waals surface area (Å²) in [6.45, 7) is 4.05. The fourth-order valence-electron chi connectivity index (χ4n) is 2.94. The summed E-state index contributed by atoms with van der Waals surface area (Å²) in [6.07, 6.45) is -0.0869. The monoisotopic (exact) mass is 360 g/mol. The molecule has 0 fully saturated rings. The van der Waals surface area contributed by atoms with E-state index in [1.807, 2.05) is 6.92 Å². The van der Waals surface area contributed by atoms with Crippen LogP contribution in [0.25, 0.3) is 0 Å². The summed E-state index contributed by atoms with van der Waals surface area (Å²) in [7, 11) is 0. The first kappa shape index (κ1) is 17.2. The Kier molecular flexibility index (Phi) is 4.63. The Morgan fingerprint density at radius 2 is 2.08 bits per heavy atom. The average molecular weight is 361 g/mol. The van der Waals surface area contributed by atoms with Crippen LogP contribution in [0, 0.1) is 17.0 Å². The Bertz CT molecular complexity index is 853. The number of carbonyl (C=O) groups excluding carboxylic acids is 1. The number of hydrogen-bond acceptors (Lipinski definition) is 4. The van der Waals surface area contributed by atoms with Crippen LogP contribution in [-0.2, 0) is 11.2 Å². The standard InChI is InChI=1S/C18H17ClN2O4/c1-11-9-14(19)3-6-17(11)25-12(2)18(22)20-8-7-13-10-15(21(23)24)4-5-16(13)20/h3-6,9-10,12H,7-8H2,1-2H3. The van der Waals surface area contributed by atoms with Crippen LogP contribution in [0.4, 0.5) is 11.4 Å². The second kappa shape index (κ2) is 6.72. The SMILES string of the molecule is Cc1cc(Cl)ccc1OC(C)C(=O)N1CCc2cc([N+](=O)[O-])ccc21. The Labute approximate surface area is 150 Å². The second-order valence-corrected chi connectivity index (χ2v) is 6.42. The molecular formula is C18H17ClN2O4. The maximum Gasteiger partial charge on any atom is 0.269 e. The first-order valence-electron chi connectivity index (χ1n) is 7.88. The lowest BCUT2D eigenvalue weighted by molar-refractivity contribution is -0.384. The number of fused-ring (bicyclic) bond motifs is 1. The predicted molar refractivity (Wildman–Crippen MR) is 95.4 cm³/mol. The van der Waals surface area contributed by atoms with Gasteiger partial charge in [0.1, 0.15) is 5.75 Å². The molecule has 1 amide bonds. The van der Waals surface area contributed by atoms with E-state index in [-0.39, 0.29) is 11.6 Å². The molecule has 1 aliphatic rings. The maximum atomic E-state index is 12.8. The average Bonchev–Trinajstić information content (AvgIpc) is 2.99. The Hall–Kier alpha value is -2.60. The molecule has 0 bridgehead atoms. The number of aryl methyl sites for hydroxylation is 1. The summed E-state index contributed by atoms with van der Waals surface area (Å²) in [4.78, 5) is 24.8. The van der Waals surface area contributed by atoms with Gasteiger partial charge in [0.2, 0.25) is 0 Å². The number of nitro benzene ring substituents is 1. The lowest BCUT2D eigenvalue weighted by atomic mass is 10.1. The van der Waals surface area contributed by atoms with Crippen LogP contribution >= 0.6 is 11.6 Å². The molecule has 0 aromatic heterocycles. The Balaban J connectivity index is 1.77. The third kappa shape index (κ3) is 3.44.